The molecule has 0 aliphatic heterocycles. The third-order valence-corrected chi connectivity index (χ3v) is 2.88. The minimum Gasteiger partial charge on any atom is -0.358 e. The molecule has 0 spiro atoms. The van der Waals surface area contributed by atoms with E-state index in [1.54, 1.807) is 18.5 Å². The minimum atomic E-state index is -0.434. The quantitative estimate of drug-likeness (QED) is 0.520. The summed E-state index contributed by atoms with van der Waals surface area (Å²) >= 11 is 0. The normalized spacial score (nSPS) is 10.8. The number of aromatic nitrogens is 3. The lowest BCUT2D eigenvalue weighted by Gasteiger charge is -1.99. The van der Waals surface area contributed by atoms with E-state index in [-0.39, 0.29) is 5.82 Å². The number of imidazole rings is 1. The summed E-state index contributed by atoms with van der Waals surface area (Å²) < 4.78 is 1.38. The zero-order chi connectivity index (χ0) is 13.4. The van der Waals surface area contributed by atoms with Crippen molar-refractivity contribution in [1.29, 1.82) is 0 Å². The van der Waals surface area contributed by atoms with Crippen LogP contribution in [0, 0.1) is 17.0 Å². The Bertz CT molecular complexity index is 762. The third kappa shape index (κ3) is 1.83. The van der Waals surface area contributed by atoms with Crippen molar-refractivity contribution in [3.63, 3.8) is 0 Å². The number of fused-ring (bicyclic) bond motifs is 1. The summed E-state index contributed by atoms with van der Waals surface area (Å²) in [5, 5.41) is 11.3. The summed E-state index contributed by atoms with van der Waals surface area (Å²) in [7, 11) is 0. The molecule has 0 aliphatic carbocycles. The Hall–Kier alpha value is -2.76. The molecule has 0 aliphatic rings. The van der Waals surface area contributed by atoms with E-state index in [1.165, 1.54) is 4.40 Å². The van der Waals surface area contributed by atoms with Gasteiger partial charge in [0.25, 0.3) is 0 Å². The van der Waals surface area contributed by atoms with E-state index in [0.29, 0.717) is 17.0 Å². The van der Waals surface area contributed by atoms with Crippen LogP contribution in [0.15, 0.2) is 42.7 Å². The third-order valence-electron chi connectivity index (χ3n) is 2.88. The summed E-state index contributed by atoms with van der Waals surface area (Å²) in [6, 6.07) is 9.09. The average Bonchev–Trinajstić information content (AvgIpc) is 2.78. The van der Waals surface area contributed by atoms with Gasteiger partial charge in [-0.1, -0.05) is 29.8 Å². The summed E-state index contributed by atoms with van der Waals surface area (Å²) in [6.07, 6.45) is 3.15. The molecule has 0 fully saturated rings. The van der Waals surface area contributed by atoms with Crippen LogP contribution in [-0.2, 0) is 0 Å². The Morgan fingerprint density at radius 2 is 2.00 bits per heavy atom. The van der Waals surface area contributed by atoms with Crippen molar-refractivity contribution in [2.45, 2.75) is 6.92 Å². The van der Waals surface area contributed by atoms with E-state index >= 15 is 0 Å². The van der Waals surface area contributed by atoms with E-state index in [1.807, 2.05) is 31.2 Å². The predicted molar refractivity (Wildman–Crippen MR) is 69.8 cm³/mol. The highest BCUT2D eigenvalue weighted by atomic mass is 16.6. The van der Waals surface area contributed by atoms with Crippen LogP contribution in [-0.4, -0.2) is 19.3 Å². The van der Waals surface area contributed by atoms with Gasteiger partial charge < -0.3 is 10.1 Å². The number of nitro groups is 1. The van der Waals surface area contributed by atoms with E-state index in [4.69, 9.17) is 0 Å². The first kappa shape index (κ1) is 11.3. The lowest BCUT2D eigenvalue weighted by Crippen LogP contribution is -1.96. The second-order valence-corrected chi connectivity index (χ2v) is 4.20. The maximum absolute atomic E-state index is 11.3. The highest BCUT2D eigenvalue weighted by Crippen LogP contribution is 2.29. The molecular formula is C13H10N4O2. The van der Waals surface area contributed by atoms with Crippen molar-refractivity contribution in [3.05, 3.63) is 58.4 Å². The zero-order valence-corrected chi connectivity index (χ0v) is 10.1. The van der Waals surface area contributed by atoms with Gasteiger partial charge in [0.15, 0.2) is 5.69 Å². The van der Waals surface area contributed by atoms with E-state index in [2.05, 4.69) is 9.97 Å². The van der Waals surface area contributed by atoms with Crippen molar-refractivity contribution >= 4 is 11.6 Å². The smallest absolute Gasteiger partial charge is 0.357 e. The number of hydrogen-bond donors (Lipinski definition) is 0. The Balaban J connectivity index is 2.31. The molecule has 0 amide bonds. The fourth-order valence-electron chi connectivity index (χ4n) is 1.95. The molecule has 0 saturated heterocycles. The van der Waals surface area contributed by atoms with Gasteiger partial charge in [-0.2, -0.15) is 14.4 Å². The first-order chi connectivity index (χ1) is 9.16. The van der Waals surface area contributed by atoms with E-state index in [0.717, 1.165) is 5.56 Å². The fraction of sp³-hybridized carbons (Fsp3) is 0.0769. The Labute approximate surface area is 108 Å². The molecular weight excluding hydrogens is 244 g/mol. The number of benzene rings is 1. The molecule has 3 aromatic rings. The second-order valence-electron chi connectivity index (χ2n) is 4.20. The SMILES string of the molecule is Cc1ccc(-c2nc3ncccn3c2[N+](=O)[O-])cc1. The molecule has 2 heterocycles. The summed E-state index contributed by atoms with van der Waals surface area (Å²) in [6.45, 7) is 1.96. The predicted octanol–water partition coefficient (Wildman–Crippen LogP) is 2.61. The van der Waals surface area contributed by atoms with Crippen LogP contribution in [0.25, 0.3) is 17.0 Å². The van der Waals surface area contributed by atoms with Crippen LogP contribution in [0.5, 0.6) is 0 Å². The van der Waals surface area contributed by atoms with Crippen LogP contribution in [0.1, 0.15) is 5.56 Å². The fourth-order valence-corrected chi connectivity index (χ4v) is 1.95. The van der Waals surface area contributed by atoms with Crippen LogP contribution in [0.4, 0.5) is 5.82 Å². The Morgan fingerprint density at radius 3 is 2.68 bits per heavy atom. The van der Waals surface area contributed by atoms with Gasteiger partial charge >= 0.3 is 11.6 Å². The van der Waals surface area contributed by atoms with Gasteiger partial charge in [0.1, 0.15) is 6.20 Å². The highest BCUT2D eigenvalue weighted by molar-refractivity contribution is 5.71. The number of aryl methyl sites for hydroxylation is 1. The molecule has 0 unspecified atom stereocenters. The van der Waals surface area contributed by atoms with E-state index < -0.39 is 4.92 Å². The van der Waals surface area contributed by atoms with Gasteiger partial charge in [-0.05, 0) is 17.9 Å². The van der Waals surface area contributed by atoms with Crippen molar-refractivity contribution in [2.75, 3.05) is 0 Å². The van der Waals surface area contributed by atoms with Crippen LogP contribution in [0.2, 0.25) is 0 Å². The zero-order valence-electron chi connectivity index (χ0n) is 10.1. The molecule has 0 radical (unpaired) electrons. The van der Waals surface area contributed by atoms with Crippen molar-refractivity contribution < 1.29 is 4.92 Å². The average molecular weight is 254 g/mol. The number of hydrogen-bond acceptors (Lipinski definition) is 4. The van der Waals surface area contributed by atoms with Gasteiger partial charge in [0.05, 0.1) is 0 Å². The summed E-state index contributed by atoms with van der Waals surface area (Å²) in [5.74, 6) is 0.261. The van der Waals surface area contributed by atoms with Gasteiger partial charge in [0, 0.05) is 11.8 Å². The van der Waals surface area contributed by atoms with Crippen LogP contribution < -0.4 is 0 Å². The molecule has 2 aromatic heterocycles. The Morgan fingerprint density at radius 1 is 1.26 bits per heavy atom. The molecule has 0 atom stereocenters. The molecule has 0 bridgehead atoms. The molecule has 19 heavy (non-hydrogen) atoms. The van der Waals surface area contributed by atoms with Crippen LogP contribution >= 0.6 is 0 Å². The summed E-state index contributed by atoms with van der Waals surface area (Å²) in [5.41, 5.74) is 2.14. The van der Waals surface area contributed by atoms with Gasteiger partial charge in [-0.25, -0.2) is 0 Å². The standard InChI is InChI=1S/C13H10N4O2/c1-9-3-5-10(6-4-9)11-12(17(18)19)16-8-2-7-14-13(16)15-11/h2-8H,1H3. The van der Waals surface area contributed by atoms with Crippen molar-refractivity contribution in [3.8, 4) is 11.3 Å². The first-order valence-corrected chi connectivity index (χ1v) is 5.71. The molecule has 6 heteroatoms. The van der Waals surface area contributed by atoms with Gasteiger partial charge in [-0.3, -0.25) is 0 Å². The summed E-state index contributed by atoms with van der Waals surface area (Å²) in [4.78, 5) is 19.1. The first-order valence-electron chi connectivity index (χ1n) is 5.71. The molecule has 3 rings (SSSR count). The van der Waals surface area contributed by atoms with Gasteiger partial charge in [-0.15, -0.1) is 0 Å². The van der Waals surface area contributed by atoms with E-state index in [9.17, 15) is 10.1 Å². The lowest BCUT2D eigenvalue weighted by molar-refractivity contribution is -0.389. The largest absolute Gasteiger partial charge is 0.358 e. The van der Waals surface area contributed by atoms with Crippen molar-refractivity contribution in [2.24, 2.45) is 0 Å². The monoisotopic (exact) mass is 254 g/mol. The molecule has 94 valence electrons. The number of rotatable bonds is 2. The molecule has 6 nitrogen and oxygen atoms in total. The van der Waals surface area contributed by atoms with Gasteiger partial charge in [0.2, 0.25) is 0 Å². The minimum absolute atomic E-state index is 0.0630. The molecule has 1 aromatic carbocycles. The molecule has 0 N–H and O–H groups in total. The second kappa shape index (κ2) is 4.16. The Kier molecular flexibility index (Phi) is 2.49. The maximum atomic E-state index is 11.3. The topological polar surface area (TPSA) is 73.3 Å². The number of nitrogens with zero attached hydrogens (tertiary/aromatic N) is 4. The van der Waals surface area contributed by atoms with Crippen molar-refractivity contribution in [1.82, 2.24) is 14.4 Å². The van der Waals surface area contributed by atoms with Crippen LogP contribution in [0.3, 0.4) is 0 Å². The highest BCUT2D eigenvalue weighted by Gasteiger charge is 2.23. The molecule has 0 saturated carbocycles. The lowest BCUT2D eigenvalue weighted by atomic mass is 10.1. The maximum Gasteiger partial charge on any atom is 0.357 e.